The second-order valence-corrected chi connectivity index (χ2v) is 4.48. The molecule has 0 spiro atoms. The van der Waals surface area contributed by atoms with Gasteiger partial charge in [0.05, 0.1) is 11.4 Å². The molecule has 0 aromatic heterocycles. The topological polar surface area (TPSA) is 24.1 Å². The molecule has 0 saturated heterocycles. The first-order valence-corrected chi connectivity index (χ1v) is 5.84. The van der Waals surface area contributed by atoms with E-state index in [1.165, 1.54) is 16.7 Å². The average Bonchev–Trinajstić information content (AvgIpc) is 2.79. The van der Waals surface area contributed by atoms with Crippen molar-refractivity contribution in [3.63, 3.8) is 0 Å². The number of anilines is 2. The summed E-state index contributed by atoms with van der Waals surface area (Å²) >= 11 is 0. The van der Waals surface area contributed by atoms with Crippen molar-refractivity contribution in [3.05, 3.63) is 65.8 Å². The van der Waals surface area contributed by atoms with E-state index in [0.29, 0.717) is 0 Å². The lowest BCUT2D eigenvalue weighted by Gasteiger charge is -2.05. The van der Waals surface area contributed by atoms with E-state index < -0.39 is 0 Å². The molecule has 0 saturated carbocycles. The van der Waals surface area contributed by atoms with E-state index in [0.717, 1.165) is 17.8 Å². The maximum absolute atomic E-state index is 3.20. The van der Waals surface area contributed by atoms with E-state index in [1.54, 1.807) is 0 Å². The molecule has 2 N–H and O–H groups in total. The SMILES string of the molecule is Cc1ccc(Cc2ccc3c(c2)N[CH]N3)cc1. The van der Waals surface area contributed by atoms with Crippen molar-refractivity contribution >= 4 is 11.4 Å². The molecular formula is C15H15N2. The van der Waals surface area contributed by atoms with Gasteiger partial charge in [0.25, 0.3) is 0 Å². The van der Waals surface area contributed by atoms with Gasteiger partial charge in [0, 0.05) is 0 Å². The first kappa shape index (κ1) is 10.2. The summed E-state index contributed by atoms with van der Waals surface area (Å²) in [4.78, 5) is 0. The van der Waals surface area contributed by atoms with Gasteiger partial charge >= 0.3 is 0 Å². The van der Waals surface area contributed by atoms with Crippen molar-refractivity contribution in [1.29, 1.82) is 0 Å². The van der Waals surface area contributed by atoms with Crippen LogP contribution in [0.5, 0.6) is 0 Å². The largest absolute Gasteiger partial charge is 0.360 e. The minimum absolute atomic E-state index is 0.981. The third kappa shape index (κ3) is 2.11. The zero-order valence-electron chi connectivity index (χ0n) is 9.83. The van der Waals surface area contributed by atoms with Gasteiger partial charge in [0.15, 0.2) is 0 Å². The molecule has 2 aromatic rings. The molecule has 1 aliphatic rings. The first-order valence-electron chi connectivity index (χ1n) is 5.84. The van der Waals surface area contributed by atoms with Gasteiger partial charge in [0.2, 0.25) is 0 Å². The number of aryl methyl sites for hydroxylation is 1. The van der Waals surface area contributed by atoms with Gasteiger partial charge in [-0.15, -0.1) is 0 Å². The van der Waals surface area contributed by atoms with Crippen LogP contribution in [-0.4, -0.2) is 0 Å². The van der Waals surface area contributed by atoms with Crippen LogP contribution in [0.3, 0.4) is 0 Å². The van der Waals surface area contributed by atoms with Crippen LogP contribution in [0.2, 0.25) is 0 Å². The Morgan fingerprint density at radius 1 is 0.824 bits per heavy atom. The summed E-state index contributed by atoms with van der Waals surface area (Å²) in [6.07, 6.45) is 0.981. The number of benzene rings is 2. The number of hydrogen-bond donors (Lipinski definition) is 2. The van der Waals surface area contributed by atoms with Crippen LogP contribution in [0.15, 0.2) is 42.5 Å². The Labute approximate surface area is 102 Å². The smallest absolute Gasteiger partial charge is 0.136 e. The molecule has 0 unspecified atom stereocenters. The number of nitrogens with one attached hydrogen (secondary N) is 2. The van der Waals surface area contributed by atoms with Crippen LogP contribution < -0.4 is 10.6 Å². The molecule has 2 nitrogen and oxygen atoms in total. The number of rotatable bonds is 2. The van der Waals surface area contributed by atoms with Crippen LogP contribution in [0.4, 0.5) is 11.4 Å². The van der Waals surface area contributed by atoms with Gasteiger partial charge in [-0.1, -0.05) is 35.9 Å². The third-order valence-electron chi connectivity index (χ3n) is 3.07. The molecule has 85 valence electrons. The zero-order chi connectivity index (χ0) is 11.7. The Morgan fingerprint density at radius 2 is 1.53 bits per heavy atom. The number of fused-ring (bicyclic) bond motifs is 1. The summed E-state index contributed by atoms with van der Waals surface area (Å²) in [7, 11) is 0. The fourth-order valence-electron chi connectivity index (χ4n) is 2.08. The Bertz CT molecular complexity index is 529. The van der Waals surface area contributed by atoms with E-state index in [4.69, 9.17) is 0 Å². The Hall–Kier alpha value is -1.96. The summed E-state index contributed by atoms with van der Waals surface area (Å²) in [5.41, 5.74) is 6.30. The Balaban J connectivity index is 1.83. The van der Waals surface area contributed by atoms with Crippen molar-refractivity contribution in [3.8, 4) is 0 Å². The van der Waals surface area contributed by atoms with Crippen molar-refractivity contribution in [2.45, 2.75) is 13.3 Å². The van der Waals surface area contributed by atoms with Crippen molar-refractivity contribution in [2.24, 2.45) is 0 Å². The van der Waals surface area contributed by atoms with Crippen molar-refractivity contribution in [2.75, 3.05) is 10.6 Å². The summed E-state index contributed by atoms with van der Waals surface area (Å²) in [6, 6.07) is 15.2. The lowest BCUT2D eigenvalue weighted by atomic mass is 10.0. The standard InChI is InChI=1S/C15H15N2/c1-11-2-4-12(5-3-11)8-13-6-7-14-15(9-13)17-10-16-14/h2-7,9-10,16-17H,8H2,1H3. The van der Waals surface area contributed by atoms with Crippen LogP contribution >= 0.6 is 0 Å². The summed E-state index contributed by atoms with van der Waals surface area (Å²) < 4.78 is 0. The minimum atomic E-state index is 0.981. The molecule has 0 bridgehead atoms. The van der Waals surface area contributed by atoms with Crippen LogP contribution in [0.1, 0.15) is 16.7 Å². The van der Waals surface area contributed by atoms with Crippen LogP contribution in [-0.2, 0) is 6.42 Å². The predicted octanol–water partition coefficient (Wildman–Crippen LogP) is 3.54. The van der Waals surface area contributed by atoms with Gasteiger partial charge in [-0.3, -0.25) is 0 Å². The maximum Gasteiger partial charge on any atom is 0.136 e. The Morgan fingerprint density at radius 3 is 2.35 bits per heavy atom. The maximum atomic E-state index is 3.20. The Kier molecular flexibility index (Phi) is 2.48. The summed E-state index contributed by atoms with van der Waals surface area (Å²) in [6.45, 7) is 3.98. The van der Waals surface area contributed by atoms with E-state index in [-0.39, 0.29) is 0 Å². The van der Waals surface area contributed by atoms with E-state index in [9.17, 15) is 0 Å². The third-order valence-corrected chi connectivity index (χ3v) is 3.07. The predicted molar refractivity (Wildman–Crippen MR) is 72.0 cm³/mol. The molecule has 0 atom stereocenters. The van der Waals surface area contributed by atoms with E-state index in [2.05, 4.69) is 60.0 Å². The second-order valence-electron chi connectivity index (χ2n) is 4.48. The molecule has 0 fully saturated rings. The molecule has 1 heterocycles. The molecule has 2 aromatic carbocycles. The fourth-order valence-corrected chi connectivity index (χ4v) is 2.08. The highest BCUT2D eigenvalue weighted by Crippen LogP contribution is 2.29. The van der Waals surface area contributed by atoms with Crippen molar-refractivity contribution in [1.82, 2.24) is 0 Å². The summed E-state index contributed by atoms with van der Waals surface area (Å²) in [5.74, 6) is 0. The first-order chi connectivity index (χ1) is 8.31. The zero-order valence-corrected chi connectivity index (χ0v) is 9.83. The molecule has 3 rings (SSSR count). The lowest BCUT2D eigenvalue weighted by molar-refractivity contribution is 1.19. The molecule has 17 heavy (non-hydrogen) atoms. The van der Waals surface area contributed by atoms with Gasteiger partial charge in [0.1, 0.15) is 6.67 Å². The molecule has 2 heteroatoms. The highest BCUT2D eigenvalue weighted by molar-refractivity contribution is 5.76. The normalized spacial score (nSPS) is 12.8. The second kappa shape index (κ2) is 4.13. The van der Waals surface area contributed by atoms with Crippen molar-refractivity contribution < 1.29 is 0 Å². The van der Waals surface area contributed by atoms with Gasteiger partial charge < -0.3 is 10.6 Å². The quantitative estimate of drug-likeness (QED) is 0.813. The van der Waals surface area contributed by atoms with Gasteiger partial charge in [-0.05, 0) is 36.6 Å². The summed E-state index contributed by atoms with van der Waals surface area (Å²) in [5, 5.41) is 6.36. The minimum Gasteiger partial charge on any atom is -0.360 e. The molecule has 1 aliphatic heterocycles. The monoisotopic (exact) mass is 223 g/mol. The highest BCUT2D eigenvalue weighted by Gasteiger charge is 2.09. The van der Waals surface area contributed by atoms with Gasteiger partial charge in [-0.25, -0.2) is 0 Å². The molecular weight excluding hydrogens is 208 g/mol. The van der Waals surface area contributed by atoms with Crippen LogP contribution in [0.25, 0.3) is 0 Å². The highest BCUT2D eigenvalue weighted by atomic mass is 15.1. The van der Waals surface area contributed by atoms with Gasteiger partial charge in [-0.2, -0.15) is 0 Å². The van der Waals surface area contributed by atoms with E-state index >= 15 is 0 Å². The molecule has 0 aliphatic carbocycles. The number of hydrogen-bond acceptors (Lipinski definition) is 2. The average molecular weight is 223 g/mol. The van der Waals surface area contributed by atoms with E-state index in [1.807, 2.05) is 6.67 Å². The fraction of sp³-hybridized carbons (Fsp3) is 0.133. The molecule has 1 radical (unpaired) electrons. The van der Waals surface area contributed by atoms with Crippen LogP contribution in [0, 0.1) is 13.6 Å². The lowest BCUT2D eigenvalue weighted by Crippen LogP contribution is -1.90. The molecule has 0 amide bonds.